The molecule has 1 aromatic carbocycles. The van der Waals surface area contributed by atoms with E-state index >= 15 is 0 Å². The number of benzene rings is 1. The molecule has 0 radical (unpaired) electrons. The molecule has 6 heteroatoms. The Morgan fingerprint density at radius 3 is 2.87 bits per heavy atom. The van der Waals surface area contributed by atoms with Gasteiger partial charge in [-0.05, 0) is 12.1 Å². The van der Waals surface area contributed by atoms with Gasteiger partial charge in [-0.25, -0.2) is 4.98 Å². The molecular formula is C9H6NNaO4. The monoisotopic (exact) mass is 215 g/mol. The van der Waals surface area contributed by atoms with Gasteiger partial charge in [0.25, 0.3) is 0 Å². The largest absolute Gasteiger partial charge is 1.00 e. The molecule has 0 N–H and O–H groups in total. The predicted octanol–water partition coefficient (Wildman–Crippen LogP) is -2.80. The van der Waals surface area contributed by atoms with E-state index in [-0.39, 0.29) is 29.6 Å². The zero-order valence-corrected chi connectivity index (χ0v) is 10.3. The van der Waals surface area contributed by atoms with Crippen LogP contribution < -0.4 is 39.4 Å². The van der Waals surface area contributed by atoms with Crippen molar-refractivity contribution in [2.45, 2.75) is 0 Å². The summed E-state index contributed by atoms with van der Waals surface area (Å²) in [5.74, 6) is -1.27. The summed E-state index contributed by atoms with van der Waals surface area (Å²) in [7, 11) is 1.51. The van der Waals surface area contributed by atoms with E-state index in [0.717, 1.165) is 0 Å². The molecule has 0 saturated heterocycles. The topological polar surface area (TPSA) is 75.4 Å². The summed E-state index contributed by atoms with van der Waals surface area (Å²) < 4.78 is 9.86. The number of oxazole rings is 1. The molecule has 0 atom stereocenters. The Labute approximate surface area is 107 Å². The number of rotatable bonds is 2. The summed E-state index contributed by atoms with van der Waals surface area (Å²) in [5, 5.41) is 10.4. The van der Waals surface area contributed by atoms with E-state index in [9.17, 15) is 9.90 Å². The smallest absolute Gasteiger partial charge is 0.540 e. The number of ether oxygens (including phenoxy) is 1. The van der Waals surface area contributed by atoms with E-state index in [1.807, 2.05) is 0 Å². The first kappa shape index (κ1) is 12.0. The fourth-order valence-corrected chi connectivity index (χ4v) is 1.12. The van der Waals surface area contributed by atoms with Gasteiger partial charge in [0.15, 0.2) is 5.58 Å². The average Bonchev–Trinajstić information content (AvgIpc) is 2.59. The van der Waals surface area contributed by atoms with Crippen LogP contribution in [0.5, 0.6) is 5.75 Å². The van der Waals surface area contributed by atoms with Gasteiger partial charge in [-0.3, -0.25) is 0 Å². The minimum atomic E-state index is -1.43. The van der Waals surface area contributed by atoms with Crippen molar-refractivity contribution in [1.29, 1.82) is 0 Å². The summed E-state index contributed by atoms with van der Waals surface area (Å²) in [6, 6.07) is 4.85. The second kappa shape index (κ2) is 4.65. The van der Waals surface area contributed by atoms with Crippen LogP contribution in [0.4, 0.5) is 0 Å². The van der Waals surface area contributed by atoms with Gasteiger partial charge in [0.2, 0.25) is 5.89 Å². The number of carboxylic acids is 1. The van der Waals surface area contributed by atoms with Crippen molar-refractivity contribution in [3.8, 4) is 5.75 Å². The molecule has 0 bridgehead atoms. The van der Waals surface area contributed by atoms with Crippen LogP contribution in [-0.4, -0.2) is 18.1 Å². The molecule has 0 fully saturated rings. The van der Waals surface area contributed by atoms with Crippen LogP contribution in [0.3, 0.4) is 0 Å². The van der Waals surface area contributed by atoms with Gasteiger partial charge in [0.1, 0.15) is 17.2 Å². The molecule has 0 aliphatic carbocycles. The molecule has 2 aromatic rings. The number of carbonyl (C=O) groups excluding carboxylic acids is 1. The Morgan fingerprint density at radius 2 is 2.27 bits per heavy atom. The molecule has 0 saturated carbocycles. The van der Waals surface area contributed by atoms with Gasteiger partial charge in [-0.15, -0.1) is 0 Å². The van der Waals surface area contributed by atoms with Gasteiger partial charge in [0, 0.05) is 6.07 Å². The summed E-state index contributed by atoms with van der Waals surface area (Å²) in [6.45, 7) is 0. The van der Waals surface area contributed by atoms with Crippen LogP contribution in [0, 0.1) is 0 Å². The van der Waals surface area contributed by atoms with Gasteiger partial charge in [-0.2, -0.15) is 0 Å². The first-order valence-corrected chi connectivity index (χ1v) is 3.86. The average molecular weight is 215 g/mol. The van der Waals surface area contributed by atoms with Gasteiger partial charge in [-0.1, -0.05) is 0 Å². The molecule has 0 aliphatic heterocycles. The molecule has 5 nitrogen and oxygen atoms in total. The van der Waals surface area contributed by atoms with E-state index in [2.05, 4.69) is 4.98 Å². The summed E-state index contributed by atoms with van der Waals surface area (Å²) >= 11 is 0. The number of hydrogen-bond acceptors (Lipinski definition) is 5. The first-order valence-electron chi connectivity index (χ1n) is 3.86. The van der Waals surface area contributed by atoms with Gasteiger partial charge in [0.05, 0.1) is 7.11 Å². The van der Waals surface area contributed by atoms with Crippen LogP contribution in [-0.2, 0) is 0 Å². The molecule has 1 heterocycles. The van der Waals surface area contributed by atoms with Crippen LogP contribution in [0.25, 0.3) is 11.1 Å². The number of nitrogens with zero attached hydrogens (tertiary/aromatic N) is 1. The number of aromatic nitrogens is 1. The zero-order valence-electron chi connectivity index (χ0n) is 8.31. The maximum Gasteiger partial charge on any atom is 1.00 e. The second-order valence-corrected chi connectivity index (χ2v) is 2.64. The van der Waals surface area contributed by atoms with Gasteiger partial charge < -0.3 is 19.1 Å². The summed E-state index contributed by atoms with van der Waals surface area (Å²) in [5.41, 5.74) is 0.827. The van der Waals surface area contributed by atoms with E-state index in [1.165, 1.54) is 7.11 Å². The molecule has 1 aromatic heterocycles. The maximum absolute atomic E-state index is 10.4. The fourth-order valence-electron chi connectivity index (χ4n) is 1.12. The van der Waals surface area contributed by atoms with E-state index < -0.39 is 11.9 Å². The zero-order chi connectivity index (χ0) is 10.1. The minimum Gasteiger partial charge on any atom is -0.540 e. The van der Waals surface area contributed by atoms with Crippen molar-refractivity contribution in [1.82, 2.24) is 4.98 Å². The Hall–Kier alpha value is -1.04. The van der Waals surface area contributed by atoms with Crippen molar-refractivity contribution >= 4 is 17.1 Å². The van der Waals surface area contributed by atoms with E-state index in [0.29, 0.717) is 16.8 Å². The predicted molar refractivity (Wildman–Crippen MR) is 44.9 cm³/mol. The van der Waals surface area contributed by atoms with Crippen molar-refractivity contribution in [3.05, 3.63) is 24.1 Å². The summed E-state index contributed by atoms with van der Waals surface area (Å²) in [4.78, 5) is 14.1. The van der Waals surface area contributed by atoms with E-state index in [4.69, 9.17) is 9.15 Å². The van der Waals surface area contributed by atoms with Crippen molar-refractivity contribution < 1.29 is 48.6 Å². The van der Waals surface area contributed by atoms with Crippen molar-refractivity contribution in [2.75, 3.05) is 7.11 Å². The fraction of sp³-hybridized carbons (Fsp3) is 0.111. The Bertz CT molecular complexity index is 494. The molecule has 0 amide bonds. The molecule has 2 rings (SSSR count). The SMILES string of the molecule is COc1ccc2nc(C(=O)[O-])oc2c1.[Na+]. The Kier molecular flexibility index (Phi) is 3.73. The minimum absolute atomic E-state index is 0. The second-order valence-electron chi connectivity index (χ2n) is 2.64. The third-order valence-electron chi connectivity index (χ3n) is 1.77. The number of aromatic carboxylic acids is 1. The molecule has 0 unspecified atom stereocenters. The summed E-state index contributed by atoms with van der Waals surface area (Å²) in [6.07, 6.45) is 0. The molecule has 15 heavy (non-hydrogen) atoms. The molecule has 0 spiro atoms. The van der Waals surface area contributed by atoms with Crippen molar-refractivity contribution in [2.24, 2.45) is 0 Å². The Balaban J connectivity index is 0.00000112. The Morgan fingerprint density at radius 1 is 1.53 bits per heavy atom. The number of carboxylic acid groups (broad SMARTS) is 1. The van der Waals surface area contributed by atoms with Crippen LogP contribution >= 0.6 is 0 Å². The maximum atomic E-state index is 10.4. The van der Waals surface area contributed by atoms with Crippen LogP contribution in [0.1, 0.15) is 10.7 Å². The van der Waals surface area contributed by atoms with Crippen LogP contribution in [0.2, 0.25) is 0 Å². The molecule has 0 aliphatic rings. The van der Waals surface area contributed by atoms with Crippen molar-refractivity contribution in [3.63, 3.8) is 0 Å². The normalized spacial score (nSPS) is 9.67. The molecule has 72 valence electrons. The third-order valence-corrected chi connectivity index (χ3v) is 1.77. The van der Waals surface area contributed by atoms with Crippen LogP contribution in [0.15, 0.2) is 22.6 Å². The van der Waals surface area contributed by atoms with Gasteiger partial charge >= 0.3 is 29.6 Å². The first-order chi connectivity index (χ1) is 6.70. The quantitative estimate of drug-likeness (QED) is 0.506. The number of fused-ring (bicyclic) bond motifs is 1. The number of hydrogen-bond donors (Lipinski definition) is 0. The third kappa shape index (κ3) is 2.31. The number of methoxy groups -OCH3 is 1. The number of carbonyl (C=O) groups is 1. The van der Waals surface area contributed by atoms with E-state index in [1.54, 1.807) is 18.2 Å². The standard InChI is InChI=1S/C9H7NO4.Na/c1-13-5-2-3-6-7(4-5)14-8(10-6)9(11)12;/h2-4H,1H3,(H,11,12);/q;+1/p-1. The molecular weight excluding hydrogens is 209 g/mol.